The van der Waals surface area contributed by atoms with Crippen LogP contribution in [0.2, 0.25) is 0 Å². The molecule has 1 aliphatic heterocycles. The summed E-state index contributed by atoms with van der Waals surface area (Å²) in [6, 6.07) is 0. The van der Waals surface area contributed by atoms with E-state index in [0.29, 0.717) is 52.4 Å². The van der Waals surface area contributed by atoms with Crippen LogP contribution in [0.5, 0.6) is 0 Å². The van der Waals surface area contributed by atoms with Gasteiger partial charge in [-0.25, -0.2) is 0 Å². The molecule has 1 aliphatic rings. The van der Waals surface area contributed by atoms with Gasteiger partial charge in [0.2, 0.25) is 0 Å². The summed E-state index contributed by atoms with van der Waals surface area (Å²) in [5.41, 5.74) is 0. The maximum Gasteiger partial charge on any atom is 0.305 e. The Balaban J connectivity index is 2.97. The van der Waals surface area contributed by atoms with Crippen LogP contribution in [0.3, 0.4) is 0 Å². The van der Waals surface area contributed by atoms with Crippen LogP contribution in [0, 0.1) is 0 Å². The van der Waals surface area contributed by atoms with E-state index in [1.165, 1.54) is 0 Å². The minimum absolute atomic E-state index is 0.0247. The minimum Gasteiger partial charge on any atom is -0.481 e. The van der Waals surface area contributed by atoms with E-state index >= 15 is 0 Å². The Hall–Kier alpha value is -2.86. The van der Waals surface area contributed by atoms with Gasteiger partial charge in [0.05, 0.1) is 25.7 Å². The molecule has 12 nitrogen and oxygen atoms in total. The maximum absolute atomic E-state index is 11.0. The Kier molecular flexibility index (Phi) is 12.8. The van der Waals surface area contributed by atoms with Gasteiger partial charge in [0, 0.05) is 77.8 Å². The van der Waals surface area contributed by atoms with Gasteiger partial charge in [-0.3, -0.25) is 29.0 Å². The summed E-state index contributed by atoms with van der Waals surface area (Å²) in [6.45, 7) is 4.28. The molecule has 0 fully saturated rings. The fourth-order valence-electron chi connectivity index (χ4n) is 3.19. The standard InChI is InChI=1S/C20H34N4O8/c25-17(26)1-5-21-9-11-22(6-2-18(27)28)13-15-24(8-4-20(31)32)16-14-23(12-10-21)7-3-19(29)30/h9,11H,1-8,10,12-16H2,(H,25,26)(H,27,28)(H,29,30)(H,31,32)/b11-9-. The van der Waals surface area contributed by atoms with Crippen molar-refractivity contribution in [3.05, 3.63) is 12.4 Å². The van der Waals surface area contributed by atoms with Crippen LogP contribution in [0.4, 0.5) is 0 Å². The van der Waals surface area contributed by atoms with Gasteiger partial charge in [-0.1, -0.05) is 0 Å². The molecule has 0 aromatic rings. The van der Waals surface area contributed by atoms with Crippen LogP contribution in [0.25, 0.3) is 0 Å². The molecule has 0 aliphatic carbocycles. The second kappa shape index (κ2) is 15.0. The molecule has 0 aromatic carbocycles. The first kappa shape index (κ1) is 27.2. The number of aliphatic carboxylic acids is 4. The van der Waals surface area contributed by atoms with E-state index in [1.807, 2.05) is 19.6 Å². The lowest BCUT2D eigenvalue weighted by molar-refractivity contribution is -0.138. The number of carboxylic acid groups (broad SMARTS) is 4. The third kappa shape index (κ3) is 13.4. The predicted molar refractivity (Wildman–Crippen MR) is 114 cm³/mol. The Morgan fingerprint density at radius 3 is 1.09 bits per heavy atom. The Labute approximate surface area is 187 Å². The molecule has 0 aromatic heterocycles. The van der Waals surface area contributed by atoms with Gasteiger partial charge < -0.3 is 30.2 Å². The normalized spacial score (nSPS) is 17.9. The highest BCUT2D eigenvalue weighted by molar-refractivity contribution is 5.67. The van der Waals surface area contributed by atoms with Crippen LogP contribution in [-0.4, -0.2) is 129 Å². The van der Waals surface area contributed by atoms with Gasteiger partial charge >= 0.3 is 23.9 Å². The molecule has 0 saturated carbocycles. The summed E-state index contributed by atoms with van der Waals surface area (Å²) in [6.07, 6.45) is 3.31. The summed E-state index contributed by atoms with van der Waals surface area (Å²) in [5, 5.41) is 36.1. The first-order valence-electron chi connectivity index (χ1n) is 10.6. The van der Waals surface area contributed by atoms with E-state index in [1.54, 1.807) is 12.4 Å². The van der Waals surface area contributed by atoms with Crippen LogP contribution < -0.4 is 0 Å². The van der Waals surface area contributed by atoms with Gasteiger partial charge in [0.25, 0.3) is 0 Å². The number of rotatable bonds is 12. The molecule has 0 saturated heterocycles. The number of nitrogens with zero attached hydrogens (tertiary/aromatic N) is 4. The molecule has 0 unspecified atom stereocenters. The summed E-state index contributed by atoms with van der Waals surface area (Å²) in [5.74, 6) is -3.67. The third-order valence-corrected chi connectivity index (χ3v) is 5.14. The lowest BCUT2D eigenvalue weighted by Crippen LogP contribution is -2.43. The van der Waals surface area contributed by atoms with Crippen molar-refractivity contribution in [2.24, 2.45) is 0 Å². The predicted octanol–water partition coefficient (Wildman–Crippen LogP) is -0.422. The smallest absolute Gasteiger partial charge is 0.305 e. The van der Waals surface area contributed by atoms with Crippen molar-refractivity contribution in [1.82, 2.24) is 19.6 Å². The number of carboxylic acids is 4. The molecule has 0 amide bonds. The van der Waals surface area contributed by atoms with Gasteiger partial charge in [-0.2, -0.15) is 0 Å². The fourth-order valence-corrected chi connectivity index (χ4v) is 3.19. The lowest BCUT2D eigenvalue weighted by Gasteiger charge is -2.32. The average molecular weight is 459 g/mol. The third-order valence-electron chi connectivity index (χ3n) is 5.14. The van der Waals surface area contributed by atoms with Crippen molar-refractivity contribution in [3.63, 3.8) is 0 Å². The molecule has 1 rings (SSSR count). The largest absolute Gasteiger partial charge is 0.481 e. The number of hydrogen-bond acceptors (Lipinski definition) is 8. The van der Waals surface area contributed by atoms with E-state index in [-0.39, 0.29) is 38.8 Å². The lowest BCUT2D eigenvalue weighted by atomic mass is 10.3. The van der Waals surface area contributed by atoms with Crippen molar-refractivity contribution in [2.75, 3.05) is 65.4 Å². The molecule has 0 radical (unpaired) electrons. The Bertz CT molecular complexity index is 604. The van der Waals surface area contributed by atoms with Crippen molar-refractivity contribution < 1.29 is 39.6 Å². The van der Waals surface area contributed by atoms with Gasteiger partial charge in [-0.15, -0.1) is 0 Å². The van der Waals surface area contributed by atoms with Crippen molar-refractivity contribution in [2.45, 2.75) is 25.7 Å². The zero-order valence-corrected chi connectivity index (χ0v) is 18.3. The SMILES string of the molecule is O=C(O)CCN1/C=C\N(CCC(=O)O)CCN(CCC(=O)O)CCN(CCC(=O)O)CC1. The van der Waals surface area contributed by atoms with Gasteiger partial charge in [0.15, 0.2) is 0 Å². The monoisotopic (exact) mass is 458 g/mol. The second-order valence-electron chi connectivity index (χ2n) is 7.63. The number of carbonyl (C=O) groups is 4. The summed E-state index contributed by atoms with van der Waals surface area (Å²) < 4.78 is 0. The fraction of sp³-hybridized carbons (Fsp3) is 0.700. The molecule has 4 N–H and O–H groups in total. The summed E-state index contributed by atoms with van der Waals surface area (Å²) in [4.78, 5) is 51.6. The summed E-state index contributed by atoms with van der Waals surface area (Å²) >= 11 is 0. The van der Waals surface area contributed by atoms with E-state index in [2.05, 4.69) is 0 Å². The first-order valence-corrected chi connectivity index (χ1v) is 10.6. The number of hydrogen-bond donors (Lipinski definition) is 4. The van der Waals surface area contributed by atoms with E-state index < -0.39 is 23.9 Å². The van der Waals surface area contributed by atoms with Gasteiger partial charge in [-0.05, 0) is 0 Å². The molecule has 0 atom stereocenters. The second-order valence-corrected chi connectivity index (χ2v) is 7.63. The quantitative estimate of drug-likeness (QED) is 0.299. The Morgan fingerprint density at radius 1 is 0.500 bits per heavy atom. The highest BCUT2D eigenvalue weighted by Gasteiger charge is 2.16. The van der Waals surface area contributed by atoms with Crippen LogP contribution >= 0.6 is 0 Å². The van der Waals surface area contributed by atoms with E-state index in [9.17, 15) is 19.2 Å². The van der Waals surface area contributed by atoms with E-state index in [4.69, 9.17) is 20.4 Å². The van der Waals surface area contributed by atoms with E-state index in [0.717, 1.165) is 0 Å². The molecule has 1 heterocycles. The Morgan fingerprint density at radius 2 is 0.781 bits per heavy atom. The molecule has 32 heavy (non-hydrogen) atoms. The van der Waals surface area contributed by atoms with Crippen molar-refractivity contribution in [3.8, 4) is 0 Å². The van der Waals surface area contributed by atoms with Crippen LogP contribution in [-0.2, 0) is 19.2 Å². The molecular formula is C20H34N4O8. The topological polar surface area (TPSA) is 162 Å². The maximum atomic E-state index is 11.0. The molecule has 12 heteroatoms. The van der Waals surface area contributed by atoms with Crippen LogP contribution in [0.1, 0.15) is 25.7 Å². The zero-order valence-electron chi connectivity index (χ0n) is 18.3. The highest BCUT2D eigenvalue weighted by Crippen LogP contribution is 2.05. The average Bonchev–Trinajstić information content (AvgIpc) is 2.70. The van der Waals surface area contributed by atoms with Crippen molar-refractivity contribution >= 4 is 23.9 Å². The highest BCUT2D eigenvalue weighted by atomic mass is 16.4. The molecular weight excluding hydrogens is 424 g/mol. The van der Waals surface area contributed by atoms with Crippen molar-refractivity contribution in [1.29, 1.82) is 0 Å². The first-order chi connectivity index (χ1) is 15.2. The molecule has 0 bridgehead atoms. The minimum atomic E-state index is -0.927. The van der Waals surface area contributed by atoms with Gasteiger partial charge in [0.1, 0.15) is 0 Å². The zero-order chi connectivity index (χ0) is 23.9. The van der Waals surface area contributed by atoms with Crippen LogP contribution in [0.15, 0.2) is 12.4 Å². The molecule has 182 valence electrons. The molecule has 0 spiro atoms. The summed E-state index contributed by atoms with van der Waals surface area (Å²) in [7, 11) is 0.